The molecule has 1 N–H and O–H groups in total. The average molecular weight is 433 g/mol. The highest BCUT2D eigenvalue weighted by Crippen LogP contribution is 2.44. The lowest BCUT2D eigenvalue weighted by Crippen LogP contribution is -2.26. The van der Waals surface area contributed by atoms with Gasteiger partial charge in [0.25, 0.3) is 0 Å². The molecule has 1 aliphatic carbocycles. The van der Waals surface area contributed by atoms with E-state index in [4.69, 9.17) is 9.47 Å². The van der Waals surface area contributed by atoms with Crippen LogP contribution in [0.3, 0.4) is 0 Å². The molecule has 4 nitrogen and oxygen atoms in total. The number of alkyl carbamates (subject to hydrolysis) is 1. The van der Waals surface area contributed by atoms with Crippen LogP contribution in [0.1, 0.15) is 29.0 Å². The van der Waals surface area contributed by atoms with Gasteiger partial charge in [-0.25, -0.2) is 9.18 Å². The molecule has 162 valence electrons. The maximum atomic E-state index is 13.5. The molecule has 0 saturated heterocycles. The molecule has 0 heterocycles. The first-order chi connectivity index (χ1) is 15.6. The second kappa shape index (κ2) is 9.52. The van der Waals surface area contributed by atoms with Gasteiger partial charge in [-0.15, -0.1) is 0 Å². The van der Waals surface area contributed by atoms with Gasteiger partial charge in [0.05, 0.1) is 7.11 Å². The summed E-state index contributed by atoms with van der Waals surface area (Å²) in [6, 6.07) is 18.6. The van der Waals surface area contributed by atoms with Crippen molar-refractivity contribution in [1.82, 2.24) is 5.32 Å². The van der Waals surface area contributed by atoms with Gasteiger partial charge in [0.2, 0.25) is 5.82 Å². The quantitative estimate of drug-likeness (QED) is 0.441. The SMILES string of the molecule is COc1cc(C#CCCNC(=O)OCC2c3ccccc3-c3ccccc32)cc(F)c1F. The highest BCUT2D eigenvalue weighted by molar-refractivity contribution is 5.79. The molecule has 4 rings (SSSR count). The van der Waals surface area contributed by atoms with Crippen molar-refractivity contribution in [3.05, 3.63) is 89.0 Å². The fourth-order valence-electron chi connectivity index (χ4n) is 3.83. The summed E-state index contributed by atoms with van der Waals surface area (Å²) in [7, 11) is 1.26. The Bertz CT molecular complexity index is 1170. The van der Waals surface area contributed by atoms with Crippen molar-refractivity contribution in [2.24, 2.45) is 0 Å². The zero-order valence-electron chi connectivity index (χ0n) is 17.5. The predicted molar refractivity (Wildman–Crippen MR) is 117 cm³/mol. The number of hydrogen-bond donors (Lipinski definition) is 1. The molecular weight excluding hydrogens is 412 g/mol. The summed E-state index contributed by atoms with van der Waals surface area (Å²) < 4.78 is 37.2. The molecule has 0 atom stereocenters. The lowest BCUT2D eigenvalue weighted by Gasteiger charge is -2.14. The molecule has 0 unspecified atom stereocenters. The third-order valence-corrected chi connectivity index (χ3v) is 5.31. The number of carbonyl (C=O) groups is 1. The third-order valence-electron chi connectivity index (χ3n) is 5.31. The van der Waals surface area contributed by atoms with Crippen molar-refractivity contribution in [1.29, 1.82) is 0 Å². The first kappa shape index (κ1) is 21.4. The van der Waals surface area contributed by atoms with Gasteiger partial charge in [-0.2, -0.15) is 4.39 Å². The Kier molecular flexibility index (Phi) is 6.37. The summed E-state index contributed by atoms with van der Waals surface area (Å²) >= 11 is 0. The zero-order valence-corrected chi connectivity index (χ0v) is 17.5. The lowest BCUT2D eigenvalue weighted by molar-refractivity contribution is 0.143. The molecule has 0 aromatic heterocycles. The summed E-state index contributed by atoms with van der Waals surface area (Å²) in [5.74, 6) is 3.27. The molecule has 0 spiro atoms. The van der Waals surface area contributed by atoms with Gasteiger partial charge < -0.3 is 14.8 Å². The van der Waals surface area contributed by atoms with E-state index in [0.717, 1.165) is 17.2 Å². The third kappa shape index (κ3) is 4.42. The Balaban J connectivity index is 1.29. The Hall–Kier alpha value is -3.85. The molecule has 1 amide bonds. The molecule has 6 heteroatoms. The van der Waals surface area contributed by atoms with Crippen molar-refractivity contribution < 1.29 is 23.0 Å². The van der Waals surface area contributed by atoms with Gasteiger partial charge in [0.15, 0.2) is 11.6 Å². The first-order valence-electron chi connectivity index (χ1n) is 10.2. The van der Waals surface area contributed by atoms with Gasteiger partial charge >= 0.3 is 6.09 Å². The topological polar surface area (TPSA) is 47.6 Å². The van der Waals surface area contributed by atoms with Crippen LogP contribution in [0.4, 0.5) is 13.6 Å². The smallest absolute Gasteiger partial charge is 0.407 e. The Morgan fingerprint density at radius 3 is 2.34 bits per heavy atom. The van der Waals surface area contributed by atoms with Crippen LogP contribution >= 0.6 is 0 Å². The number of rotatable bonds is 5. The molecule has 0 aliphatic heterocycles. The van der Waals surface area contributed by atoms with E-state index in [9.17, 15) is 13.6 Å². The first-order valence-corrected chi connectivity index (χ1v) is 10.2. The van der Waals surface area contributed by atoms with Gasteiger partial charge in [-0.05, 0) is 34.4 Å². The van der Waals surface area contributed by atoms with E-state index in [-0.39, 0.29) is 24.8 Å². The summed E-state index contributed by atoms with van der Waals surface area (Å²) in [4.78, 5) is 12.1. The number of nitrogens with one attached hydrogen (secondary N) is 1. The molecule has 32 heavy (non-hydrogen) atoms. The van der Waals surface area contributed by atoms with Gasteiger partial charge in [0, 0.05) is 24.4 Å². The Morgan fingerprint density at radius 1 is 1.03 bits per heavy atom. The van der Waals surface area contributed by atoms with E-state index in [1.54, 1.807) is 0 Å². The predicted octanol–water partition coefficient (Wildman–Crippen LogP) is 5.25. The van der Waals surface area contributed by atoms with Gasteiger partial charge in [-0.1, -0.05) is 60.4 Å². The molecule has 0 radical (unpaired) electrons. The number of halogens is 2. The van der Waals surface area contributed by atoms with Crippen molar-refractivity contribution in [3.8, 4) is 28.7 Å². The van der Waals surface area contributed by atoms with Crippen LogP contribution < -0.4 is 10.1 Å². The number of ether oxygens (including phenoxy) is 2. The minimum atomic E-state index is -1.05. The molecule has 3 aromatic rings. The van der Waals surface area contributed by atoms with Crippen LogP contribution in [0.5, 0.6) is 5.75 Å². The standard InChI is InChI=1S/C26H21F2NO3/c1-31-24-15-17(14-23(27)25(24)28)8-6-7-13-29-26(30)32-16-22-20-11-4-2-9-18(20)19-10-3-5-12-21(19)22/h2-5,9-12,14-15,22H,7,13,16H2,1H3,(H,29,30). The van der Waals surface area contributed by atoms with Crippen molar-refractivity contribution in [3.63, 3.8) is 0 Å². The number of benzene rings is 3. The summed E-state index contributed by atoms with van der Waals surface area (Å²) in [6.45, 7) is 0.505. The van der Waals surface area contributed by atoms with E-state index < -0.39 is 17.7 Å². The van der Waals surface area contributed by atoms with E-state index >= 15 is 0 Å². The number of fused-ring (bicyclic) bond motifs is 3. The van der Waals surface area contributed by atoms with Crippen molar-refractivity contribution >= 4 is 6.09 Å². The molecule has 0 saturated carbocycles. The van der Waals surface area contributed by atoms with Gasteiger partial charge in [-0.3, -0.25) is 0 Å². The Labute approximate surface area is 185 Å². The summed E-state index contributed by atoms with van der Waals surface area (Å²) in [5.41, 5.74) is 4.92. The average Bonchev–Trinajstić information content (AvgIpc) is 3.13. The largest absolute Gasteiger partial charge is 0.494 e. The maximum absolute atomic E-state index is 13.5. The Morgan fingerprint density at radius 2 is 1.69 bits per heavy atom. The van der Waals surface area contributed by atoms with Crippen LogP contribution in [0, 0.1) is 23.5 Å². The second-order valence-electron chi connectivity index (χ2n) is 7.28. The molecule has 1 aliphatic rings. The van der Waals surface area contributed by atoms with Crippen LogP contribution in [0.2, 0.25) is 0 Å². The van der Waals surface area contributed by atoms with Crippen molar-refractivity contribution in [2.75, 3.05) is 20.3 Å². The van der Waals surface area contributed by atoms with Crippen molar-refractivity contribution in [2.45, 2.75) is 12.3 Å². The lowest BCUT2D eigenvalue weighted by atomic mass is 9.98. The molecule has 0 bridgehead atoms. The van der Waals surface area contributed by atoms with E-state index in [1.807, 2.05) is 24.3 Å². The normalized spacial score (nSPS) is 11.7. The number of carbonyl (C=O) groups excluding carboxylic acids is 1. The second-order valence-corrected chi connectivity index (χ2v) is 7.28. The molecule has 0 fully saturated rings. The van der Waals surface area contributed by atoms with Crippen LogP contribution in [-0.4, -0.2) is 26.4 Å². The molecular formula is C26H21F2NO3. The van der Waals surface area contributed by atoms with Crippen LogP contribution in [0.25, 0.3) is 11.1 Å². The number of methoxy groups -OCH3 is 1. The maximum Gasteiger partial charge on any atom is 0.407 e. The highest BCUT2D eigenvalue weighted by Gasteiger charge is 2.28. The van der Waals surface area contributed by atoms with Crippen LogP contribution in [-0.2, 0) is 4.74 Å². The van der Waals surface area contributed by atoms with Crippen LogP contribution in [0.15, 0.2) is 60.7 Å². The minimum absolute atomic E-state index is 0.00343. The fourth-order valence-corrected chi connectivity index (χ4v) is 3.83. The summed E-state index contributed by atoms with van der Waals surface area (Å²) in [6.07, 6.45) is -0.200. The minimum Gasteiger partial charge on any atom is -0.494 e. The van der Waals surface area contributed by atoms with Gasteiger partial charge in [0.1, 0.15) is 6.61 Å². The van der Waals surface area contributed by atoms with E-state index in [1.165, 1.54) is 24.3 Å². The monoisotopic (exact) mass is 433 g/mol. The fraction of sp³-hybridized carbons (Fsp3) is 0.192. The summed E-state index contributed by atoms with van der Waals surface area (Å²) in [5, 5.41) is 2.66. The number of hydrogen-bond acceptors (Lipinski definition) is 3. The highest BCUT2D eigenvalue weighted by atomic mass is 19.2. The molecule has 3 aromatic carbocycles. The zero-order chi connectivity index (χ0) is 22.5. The van der Waals surface area contributed by atoms with E-state index in [2.05, 4.69) is 41.4 Å². The van der Waals surface area contributed by atoms with E-state index in [0.29, 0.717) is 12.0 Å². The number of amides is 1.